The number of carbonyl (C=O) groups is 3. The van der Waals surface area contributed by atoms with Gasteiger partial charge in [-0.05, 0) is 43.3 Å². The third-order valence-corrected chi connectivity index (χ3v) is 6.05. The fourth-order valence-corrected chi connectivity index (χ4v) is 4.16. The standard InChI is InChI=1S/C22H22Cl2N6O3/c1-11(19-28-16-5-3-13(23)9-17(16)29-19)27-20(31)12-2-4-14(15(24)8-12)22(33)30-7-6-26-21(32)18(30)10-25/h2-5,8-9,11,18H,6-7,10,25H2,1H3,(H,26,32)(H,27,31)(H,28,29). The molecule has 11 heteroatoms. The van der Waals surface area contributed by atoms with Crippen LogP contribution in [-0.2, 0) is 4.79 Å². The molecule has 172 valence electrons. The molecule has 1 fully saturated rings. The predicted octanol–water partition coefficient (Wildman–Crippen LogP) is 2.26. The van der Waals surface area contributed by atoms with E-state index in [4.69, 9.17) is 28.9 Å². The first-order chi connectivity index (χ1) is 15.8. The summed E-state index contributed by atoms with van der Waals surface area (Å²) in [5, 5.41) is 6.23. The Morgan fingerprint density at radius 1 is 1.27 bits per heavy atom. The van der Waals surface area contributed by atoms with Crippen molar-refractivity contribution in [3.05, 3.63) is 63.4 Å². The normalized spacial score (nSPS) is 17.0. The first-order valence-corrected chi connectivity index (χ1v) is 11.1. The number of benzene rings is 2. The second-order valence-electron chi connectivity index (χ2n) is 7.71. The summed E-state index contributed by atoms with van der Waals surface area (Å²) in [6.45, 7) is 2.46. The van der Waals surface area contributed by atoms with Crippen molar-refractivity contribution in [2.24, 2.45) is 5.73 Å². The fourth-order valence-electron chi connectivity index (χ4n) is 3.73. The largest absolute Gasteiger partial charge is 0.352 e. The van der Waals surface area contributed by atoms with E-state index in [0.717, 1.165) is 5.52 Å². The zero-order chi connectivity index (χ0) is 23.7. The van der Waals surface area contributed by atoms with Crippen molar-refractivity contribution in [3.63, 3.8) is 0 Å². The van der Waals surface area contributed by atoms with Gasteiger partial charge in [-0.25, -0.2) is 4.98 Å². The molecular formula is C22H22Cl2N6O3. The summed E-state index contributed by atoms with van der Waals surface area (Å²) in [5.74, 6) is -0.508. The number of amides is 3. The Morgan fingerprint density at radius 2 is 2.06 bits per heavy atom. The number of nitrogens with two attached hydrogens (primary N) is 1. The van der Waals surface area contributed by atoms with Crippen LogP contribution >= 0.6 is 23.2 Å². The van der Waals surface area contributed by atoms with E-state index in [9.17, 15) is 14.4 Å². The number of fused-ring (bicyclic) bond motifs is 1. The number of carbonyl (C=O) groups excluding carboxylic acids is 3. The number of halogens is 2. The van der Waals surface area contributed by atoms with Crippen molar-refractivity contribution >= 4 is 52.0 Å². The van der Waals surface area contributed by atoms with Crippen molar-refractivity contribution in [3.8, 4) is 0 Å². The SMILES string of the molecule is CC(NC(=O)c1ccc(C(=O)N2CCNC(=O)C2CN)c(Cl)c1)c1nc2cc(Cl)ccc2[nH]1. The maximum absolute atomic E-state index is 13.0. The monoisotopic (exact) mass is 488 g/mol. The van der Waals surface area contributed by atoms with Crippen LogP contribution in [0.4, 0.5) is 0 Å². The lowest BCUT2D eigenvalue weighted by atomic mass is 10.1. The highest BCUT2D eigenvalue weighted by Gasteiger charge is 2.33. The van der Waals surface area contributed by atoms with E-state index in [1.165, 1.54) is 23.1 Å². The lowest BCUT2D eigenvalue weighted by molar-refractivity contribution is -0.127. The van der Waals surface area contributed by atoms with Gasteiger partial charge in [0.25, 0.3) is 11.8 Å². The summed E-state index contributed by atoms with van der Waals surface area (Å²) < 4.78 is 0. The second kappa shape index (κ2) is 9.38. The summed E-state index contributed by atoms with van der Waals surface area (Å²) in [6.07, 6.45) is 0. The smallest absolute Gasteiger partial charge is 0.256 e. The van der Waals surface area contributed by atoms with Crippen molar-refractivity contribution < 1.29 is 14.4 Å². The van der Waals surface area contributed by atoms with Crippen LogP contribution in [0.1, 0.15) is 39.5 Å². The number of H-pyrrole nitrogens is 1. The van der Waals surface area contributed by atoms with Gasteiger partial charge in [0, 0.05) is 30.2 Å². The van der Waals surface area contributed by atoms with E-state index in [1.807, 2.05) is 6.07 Å². The van der Waals surface area contributed by atoms with Gasteiger partial charge in [-0.2, -0.15) is 0 Å². The highest BCUT2D eigenvalue weighted by molar-refractivity contribution is 6.34. The molecule has 2 atom stereocenters. The first kappa shape index (κ1) is 23.0. The Hall–Kier alpha value is -3.14. The number of hydrogen-bond acceptors (Lipinski definition) is 5. The maximum atomic E-state index is 13.0. The van der Waals surface area contributed by atoms with E-state index >= 15 is 0 Å². The lowest BCUT2D eigenvalue weighted by Gasteiger charge is -2.34. The molecule has 0 spiro atoms. The molecule has 2 unspecified atom stereocenters. The number of rotatable bonds is 5. The van der Waals surface area contributed by atoms with Crippen LogP contribution in [0, 0.1) is 0 Å². The first-order valence-electron chi connectivity index (χ1n) is 10.3. The fraction of sp³-hybridized carbons (Fsp3) is 0.273. The highest BCUT2D eigenvalue weighted by atomic mass is 35.5. The van der Waals surface area contributed by atoms with E-state index in [2.05, 4.69) is 20.6 Å². The third kappa shape index (κ3) is 4.66. The molecule has 1 aromatic heterocycles. The molecule has 0 bridgehead atoms. The summed E-state index contributed by atoms with van der Waals surface area (Å²) in [5.41, 5.74) is 7.67. The second-order valence-corrected chi connectivity index (χ2v) is 8.56. The molecule has 5 N–H and O–H groups in total. The molecule has 9 nitrogen and oxygen atoms in total. The minimum Gasteiger partial charge on any atom is -0.352 e. The maximum Gasteiger partial charge on any atom is 0.256 e. The van der Waals surface area contributed by atoms with Crippen molar-refractivity contribution in [2.45, 2.75) is 19.0 Å². The van der Waals surface area contributed by atoms with E-state index < -0.39 is 18.0 Å². The molecule has 0 saturated carbocycles. The van der Waals surface area contributed by atoms with Crippen LogP contribution in [0.5, 0.6) is 0 Å². The summed E-state index contributed by atoms with van der Waals surface area (Å²) in [7, 11) is 0. The summed E-state index contributed by atoms with van der Waals surface area (Å²) in [6, 6.07) is 8.56. The van der Waals surface area contributed by atoms with E-state index in [1.54, 1.807) is 19.1 Å². The Bertz CT molecular complexity index is 1240. The average molecular weight is 489 g/mol. The van der Waals surface area contributed by atoms with Crippen LogP contribution < -0.4 is 16.4 Å². The molecule has 2 heterocycles. The zero-order valence-electron chi connectivity index (χ0n) is 17.7. The van der Waals surface area contributed by atoms with Crippen LogP contribution in [0.15, 0.2) is 36.4 Å². The van der Waals surface area contributed by atoms with Gasteiger partial charge in [-0.1, -0.05) is 23.2 Å². The summed E-state index contributed by atoms with van der Waals surface area (Å²) >= 11 is 12.4. The summed E-state index contributed by atoms with van der Waals surface area (Å²) in [4.78, 5) is 46.8. The molecular weight excluding hydrogens is 467 g/mol. The number of aromatic nitrogens is 2. The number of nitrogens with one attached hydrogen (secondary N) is 3. The molecule has 2 aromatic carbocycles. The lowest BCUT2D eigenvalue weighted by Crippen LogP contribution is -2.59. The Morgan fingerprint density at radius 3 is 2.79 bits per heavy atom. The quantitative estimate of drug-likeness (QED) is 0.437. The number of aromatic amines is 1. The number of nitrogens with zero attached hydrogens (tertiary/aromatic N) is 2. The van der Waals surface area contributed by atoms with Gasteiger partial charge in [0.05, 0.1) is 27.7 Å². The molecule has 1 saturated heterocycles. The third-order valence-electron chi connectivity index (χ3n) is 5.50. The molecule has 33 heavy (non-hydrogen) atoms. The molecule has 0 radical (unpaired) electrons. The molecule has 0 aliphatic carbocycles. The Kier molecular flexibility index (Phi) is 6.55. The van der Waals surface area contributed by atoms with E-state index in [-0.39, 0.29) is 34.5 Å². The van der Waals surface area contributed by atoms with Gasteiger partial charge in [0.15, 0.2) is 0 Å². The molecule has 4 rings (SSSR count). The Balaban J connectivity index is 1.49. The average Bonchev–Trinajstić information content (AvgIpc) is 3.21. The highest BCUT2D eigenvalue weighted by Crippen LogP contribution is 2.23. The minimum absolute atomic E-state index is 0.00155. The number of imidazole rings is 1. The van der Waals surface area contributed by atoms with Crippen LogP contribution in [0.3, 0.4) is 0 Å². The van der Waals surface area contributed by atoms with Crippen LogP contribution in [0.2, 0.25) is 10.0 Å². The van der Waals surface area contributed by atoms with Crippen molar-refractivity contribution in [2.75, 3.05) is 19.6 Å². The molecule has 3 amide bonds. The number of piperazine rings is 1. The van der Waals surface area contributed by atoms with Crippen molar-refractivity contribution in [1.29, 1.82) is 0 Å². The zero-order valence-corrected chi connectivity index (χ0v) is 19.2. The van der Waals surface area contributed by atoms with Gasteiger partial charge >= 0.3 is 0 Å². The van der Waals surface area contributed by atoms with Crippen LogP contribution in [-0.4, -0.2) is 58.3 Å². The van der Waals surface area contributed by atoms with Gasteiger partial charge in [-0.3, -0.25) is 14.4 Å². The predicted molar refractivity (Wildman–Crippen MR) is 125 cm³/mol. The topological polar surface area (TPSA) is 133 Å². The molecule has 1 aliphatic heterocycles. The van der Waals surface area contributed by atoms with Gasteiger partial charge < -0.3 is 26.3 Å². The molecule has 1 aliphatic rings. The van der Waals surface area contributed by atoms with Gasteiger partial charge in [0.2, 0.25) is 5.91 Å². The van der Waals surface area contributed by atoms with Gasteiger partial charge in [-0.15, -0.1) is 0 Å². The van der Waals surface area contributed by atoms with Crippen molar-refractivity contribution in [1.82, 2.24) is 25.5 Å². The minimum atomic E-state index is -0.759. The van der Waals surface area contributed by atoms with Crippen LogP contribution in [0.25, 0.3) is 11.0 Å². The number of hydrogen-bond donors (Lipinski definition) is 4. The van der Waals surface area contributed by atoms with Gasteiger partial charge in [0.1, 0.15) is 11.9 Å². The Labute approximate surface area is 199 Å². The van der Waals surface area contributed by atoms with E-state index in [0.29, 0.717) is 29.5 Å². The molecule has 3 aromatic rings.